The molecular formula is C24H24ClN3O5S2. The smallest absolute Gasteiger partial charge is 0.279 e. The van der Waals surface area contributed by atoms with Crippen LogP contribution >= 0.6 is 11.6 Å². The van der Waals surface area contributed by atoms with Gasteiger partial charge >= 0.3 is 0 Å². The maximum Gasteiger partial charge on any atom is 0.279 e. The fraction of sp³-hybridized carbons (Fsp3) is 0.208. The predicted molar refractivity (Wildman–Crippen MR) is 137 cm³/mol. The molecule has 0 unspecified atom stereocenters. The Morgan fingerprint density at radius 1 is 1.03 bits per heavy atom. The van der Waals surface area contributed by atoms with Crippen molar-refractivity contribution in [3.63, 3.8) is 0 Å². The summed E-state index contributed by atoms with van der Waals surface area (Å²) < 4.78 is 59.8. The monoisotopic (exact) mass is 533 g/mol. The molecule has 0 saturated carbocycles. The number of methoxy groups -OCH3 is 1. The molecule has 4 rings (SSSR count). The lowest BCUT2D eigenvalue weighted by molar-refractivity contribution is 0.368. The summed E-state index contributed by atoms with van der Waals surface area (Å²) in [5.41, 5.74) is 2.39. The van der Waals surface area contributed by atoms with Crippen LogP contribution in [0.5, 0.6) is 5.75 Å². The van der Waals surface area contributed by atoms with Gasteiger partial charge in [0.05, 0.1) is 29.5 Å². The molecule has 3 aromatic rings. The lowest BCUT2D eigenvalue weighted by Gasteiger charge is -2.23. The first-order chi connectivity index (χ1) is 16.6. The number of sulfonamides is 2. The van der Waals surface area contributed by atoms with Gasteiger partial charge in [0.2, 0.25) is 10.0 Å². The number of hydrazone groups is 1. The molecule has 0 saturated heterocycles. The van der Waals surface area contributed by atoms with E-state index in [9.17, 15) is 16.8 Å². The summed E-state index contributed by atoms with van der Waals surface area (Å²) in [5, 5.41) is 4.94. The van der Waals surface area contributed by atoms with Crippen molar-refractivity contribution < 1.29 is 21.6 Å². The molecule has 8 nitrogen and oxygen atoms in total. The molecule has 0 bridgehead atoms. The van der Waals surface area contributed by atoms with Crippen molar-refractivity contribution in [1.82, 2.24) is 4.41 Å². The molecule has 35 heavy (non-hydrogen) atoms. The summed E-state index contributed by atoms with van der Waals surface area (Å²) in [4.78, 5) is 0.0733. The third-order valence-electron chi connectivity index (χ3n) is 5.58. The standard InChI is InChI=1S/C24H24ClN3O5S2/c1-3-34(29,30)27-20-11-7-17(8-12-20)23-16-24(18-5-4-6-21(15-18)33-2)28(26-23)35(31,32)22-13-9-19(25)10-14-22/h4-15,24,27H,3,16H2,1-2H3/t24-/m0/s1. The zero-order chi connectivity index (χ0) is 25.2. The van der Waals surface area contributed by atoms with Gasteiger partial charge in [0.25, 0.3) is 10.0 Å². The van der Waals surface area contributed by atoms with Crippen molar-refractivity contribution in [2.24, 2.45) is 5.10 Å². The van der Waals surface area contributed by atoms with Crippen molar-refractivity contribution in [2.45, 2.75) is 24.3 Å². The summed E-state index contributed by atoms with van der Waals surface area (Å²) in [7, 11) is -5.85. The molecule has 0 fully saturated rings. The lowest BCUT2D eigenvalue weighted by Crippen LogP contribution is -2.27. The summed E-state index contributed by atoms with van der Waals surface area (Å²) in [5.74, 6) is 0.564. The molecule has 1 aliphatic rings. The van der Waals surface area contributed by atoms with E-state index in [1.807, 2.05) is 6.07 Å². The minimum Gasteiger partial charge on any atom is -0.497 e. The fourth-order valence-electron chi connectivity index (χ4n) is 3.68. The number of benzene rings is 3. The molecule has 11 heteroatoms. The second-order valence-electron chi connectivity index (χ2n) is 7.86. The minimum absolute atomic E-state index is 0.0405. The van der Waals surface area contributed by atoms with E-state index < -0.39 is 26.1 Å². The molecule has 1 atom stereocenters. The summed E-state index contributed by atoms with van der Waals surface area (Å²) in [6.45, 7) is 1.55. The van der Waals surface area contributed by atoms with E-state index >= 15 is 0 Å². The molecule has 0 amide bonds. The van der Waals surface area contributed by atoms with E-state index in [0.29, 0.717) is 34.2 Å². The van der Waals surface area contributed by atoms with Gasteiger partial charge in [-0.3, -0.25) is 4.72 Å². The maximum atomic E-state index is 13.6. The maximum absolute atomic E-state index is 13.6. The van der Waals surface area contributed by atoms with Gasteiger partial charge in [-0.25, -0.2) is 8.42 Å². The fourth-order valence-corrected chi connectivity index (χ4v) is 5.88. The van der Waals surface area contributed by atoms with Crippen LogP contribution in [0, 0.1) is 0 Å². The largest absolute Gasteiger partial charge is 0.497 e. The van der Waals surface area contributed by atoms with E-state index in [1.165, 1.54) is 24.3 Å². The quantitative estimate of drug-likeness (QED) is 0.453. The number of hydrogen-bond acceptors (Lipinski definition) is 6. The summed E-state index contributed by atoms with van der Waals surface area (Å²) >= 11 is 5.95. The number of ether oxygens (including phenoxy) is 1. The predicted octanol–water partition coefficient (Wildman–Crippen LogP) is 4.65. The summed E-state index contributed by atoms with van der Waals surface area (Å²) in [6, 6.07) is 19.2. The highest BCUT2D eigenvalue weighted by Crippen LogP contribution is 2.38. The van der Waals surface area contributed by atoms with Gasteiger partial charge in [0.1, 0.15) is 5.75 Å². The second-order valence-corrected chi connectivity index (χ2v) is 12.1. The zero-order valence-electron chi connectivity index (χ0n) is 19.0. The molecule has 3 aromatic carbocycles. The van der Waals surface area contributed by atoms with Crippen LogP contribution in [-0.4, -0.2) is 39.8 Å². The minimum atomic E-state index is -3.99. The Balaban J connectivity index is 1.73. The topological polar surface area (TPSA) is 105 Å². The van der Waals surface area contributed by atoms with Gasteiger partial charge in [-0.1, -0.05) is 35.9 Å². The Hall–Kier alpha value is -3.08. The van der Waals surface area contributed by atoms with Crippen LogP contribution in [0.3, 0.4) is 0 Å². The summed E-state index contributed by atoms with van der Waals surface area (Å²) in [6.07, 6.45) is 0.319. The number of anilines is 1. The molecule has 1 aliphatic heterocycles. The van der Waals surface area contributed by atoms with Crippen molar-refractivity contribution in [2.75, 3.05) is 17.6 Å². The number of hydrogen-bond donors (Lipinski definition) is 1. The first-order valence-corrected chi connectivity index (χ1v) is 14.2. The van der Waals surface area contributed by atoms with Gasteiger partial charge < -0.3 is 4.74 Å². The van der Waals surface area contributed by atoms with Crippen LogP contribution in [0.2, 0.25) is 5.02 Å². The average Bonchev–Trinajstić information content (AvgIpc) is 3.31. The van der Waals surface area contributed by atoms with Crippen molar-refractivity contribution in [1.29, 1.82) is 0 Å². The first-order valence-electron chi connectivity index (χ1n) is 10.8. The van der Waals surface area contributed by atoms with Crippen LogP contribution in [-0.2, 0) is 20.0 Å². The molecule has 0 aliphatic carbocycles. The molecule has 0 aromatic heterocycles. The van der Waals surface area contributed by atoms with E-state index in [2.05, 4.69) is 9.82 Å². The Bertz CT molecular complexity index is 1460. The van der Waals surface area contributed by atoms with Crippen molar-refractivity contribution in [3.05, 3.63) is 88.9 Å². The van der Waals surface area contributed by atoms with E-state index in [4.69, 9.17) is 16.3 Å². The third kappa shape index (κ3) is 5.44. The van der Waals surface area contributed by atoms with E-state index in [1.54, 1.807) is 56.5 Å². The highest BCUT2D eigenvalue weighted by Gasteiger charge is 2.38. The zero-order valence-corrected chi connectivity index (χ0v) is 21.4. The van der Waals surface area contributed by atoms with Crippen LogP contribution in [0.4, 0.5) is 5.69 Å². The molecule has 184 valence electrons. The van der Waals surface area contributed by atoms with Crippen LogP contribution < -0.4 is 9.46 Å². The Morgan fingerprint density at radius 2 is 1.71 bits per heavy atom. The van der Waals surface area contributed by atoms with E-state index in [-0.39, 0.29) is 10.6 Å². The first kappa shape index (κ1) is 25.0. The van der Waals surface area contributed by atoms with E-state index in [0.717, 1.165) is 9.98 Å². The molecule has 0 spiro atoms. The van der Waals surface area contributed by atoms with Crippen LogP contribution in [0.1, 0.15) is 30.5 Å². The number of nitrogens with zero attached hydrogens (tertiary/aromatic N) is 2. The molecule has 1 heterocycles. The highest BCUT2D eigenvalue weighted by atomic mass is 35.5. The Labute approximate surface area is 210 Å². The van der Waals surface area contributed by atoms with Crippen molar-refractivity contribution >= 4 is 43.0 Å². The van der Waals surface area contributed by atoms with Crippen LogP contribution in [0.15, 0.2) is 82.8 Å². The van der Waals surface area contributed by atoms with Crippen molar-refractivity contribution in [3.8, 4) is 5.75 Å². The number of halogens is 1. The van der Waals surface area contributed by atoms with Crippen LogP contribution in [0.25, 0.3) is 0 Å². The second kappa shape index (κ2) is 9.88. The Morgan fingerprint density at radius 3 is 2.34 bits per heavy atom. The number of nitrogens with one attached hydrogen (secondary N) is 1. The molecule has 1 N–H and O–H groups in total. The Kier molecular flexibility index (Phi) is 7.07. The number of rotatable bonds is 8. The lowest BCUT2D eigenvalue weighted by atomic mass is 9.99. The SMILES string of the molecule is CCS(=O)(=O)Nc1ccc(C2=NN(S(=O)(=O)c3ccc(Cl)cc3)[C@H](c3cccc(OC)c3)C2)cc1. The van der Waals surface area contributed by atoms with Gasteiger partial charge in [-0.05, 0) is 66.6 Å². The van der Waals surface area contributed by atoms with Gasteiger partial charge in [0, 0.05) is 17.1 Å². The average molecular weight is 534 g/mol. The molecule has 0 radical (unpaired) electrons. The third-order valence-corrected chi connectivity index (χ3v) is 8.84. The highest BCUT2D eigenvalue weighted by molar-refractivity contribution is 7.92. The van der Waals surface area contributed by atoms with Gasteiger partial charge in [0.15, 0.2) is 0 Å². The molecular weight excluding hydrogens is 510 g/mol. The van der Waals surface area contributed by atoms with Gasteiger partial charge in [-0.15, -0.1) is 0 Å². The van der Waals surface area contributed by atoms with Gasteiger partial charge in [-0.2, -0.15) is 17.9 Å². The normalized spacial score (nSPS) is 16.1.